The van der Waals surface area contributed by atoms with Crippen LogP contribution in [-0.4, -0.2) is 12.6 Å². The summed E-state index contributed by atoms with van der Waals surface area (Å²) in [6.07, 6.45) is -0.0629. The van der Waals surface area contributed by atoms with Gasteiger partial charge >= 0.3 is 0 Å². The number of halogens is 1. The lowest BCUT2D eigenvalue weighted by molar-refractivity contribution is -0.0226. The standard InChI is InChI=1S/C13H20FNO/c1-13(2,3)12(8-15)16-9-10-6-4-5-7-11(10)14/h4-7,12H,8-9,15H2,1-3H3. The van der Waals surface area contributed by atoms with Gasteiger partial charge in [-0.2, -0.15) is 0 Å². The highest BCUT2D eigenvalue weighted by molar-refractivity contribution is 5.16. The maximum Gasteiger partial charge on any atom is 0.128 e. The predicted octanol–water partition coefficient (Wildman–Crippen LogP) is 2.72. The van der Waals surface area contributed by atoms with Gasteiger partial charge in [-0.25, -0.2) is 4.39 Å². The Labute approximate surface area is 96.6 Å². The number of hydrogen-bond acceptors (Lipinski definition) is 2. The molecule has 3 heteroatoms. The molecule has 0 radical (unpaired) electrons. The fourth-order valence-electron chi connectivity index (χ4n) is 1.48. The van der Waals surface area contributed by atoms with Crippen molar-refractivity contribution in [3.63, 3.8) is 0 Å². The van der Waals surface area contributed by atoms with E-state index < -0.39 is 0 Å². The van der Waals surface area contributed by atoms with Gasteiger partial charge in [0.2, 0.25) is 0 Å². The van der Waals surface area contributed by atoms with Crippen molar-refractivity contribution in [1.29, 1.82) is 0 Å². The summed E-state index contributed by atoms with van der Waals surface area (Å²) < 4.78 is 19.0. The lowest BCUT2D eigenvalue weighted by Crippen LogP contribution is -2.36. The van der Waals surface area contributed by atoms with Crippen molar-refractivity contribution in [3.8, 4) is 0 Å². The number of rotatable bonds is 4. The molecule has 0 saturated carbocycles. The van der Waals surface area contributed by atoms with Crippen LogP contribution < -0.4 is 5.73 Å². The van der Waals surface area contributed by atoms with Crippen molar-refractivity contribution >= 4 is 0 Å². The van der Waals surface area contributed by atoms with Crippen molar-refractivity contribution in [3.05, 3.63) is 35.6 Å². The van der Waals surface area contributed by atoms with Gasteiger partial charge in [-0.3, -0.25) is 0 Å². The third-order valence-electron chi connectivity index (χ3n) is 2.58. The molecule has 0 amide bonds. The molecule has 0 aliphatic rings. The molecule has 1 aromatic rings. The van der Waals surface area contributed by atoms with Crippen LogP contribution in [-0.2, 0) is 11.3 Å². The second kappa shape index (κ2) is 5.41. The van der Waals surface area contributed by atoms with E-state index in [9.17, 15) is 4.39 Å². The zero-order chi connectivity index (χ0) is 12.2. The predicted molar refractivity (Wildman–Crippen MR) is 63.5 cm³/mol. The Morgan fingerprint density at radius 1 is 1.31 bits per heavy atom. The van der Waals surface area contributed by atoms with Crippen LogP contribution in [0.3, 0.4) is 0 Å². The van der Waals surface area contributed by atoms with Crippen molar-refractivity contribution in [1.82, 2.24) is 0 Å². The first-order valence-electron chi connectivity index (χ1n) is 5.50. The number of ether oxygens (including phenoxy) is 1. The number of benzene rings is 1. The normalized spacial score (nSPS) is 13.8. The smallest absolute Gasteiger partial charge is 0.128 e. The molecule has 0 aliphatic heterocycles. The summed E-state index contributed by atoms with van der Waals surface area (Å²) in [6, 6.07) is 6.64. The van der Waals surface area contributed by atoms with Crippen LogP contribution in [0.2, 0.25) is 0 Å². The van der Waals surface area contributed by atoms with Gasteiger partial charge in [-0.15, -0.1) is 0 Å². The van der Waals surface area contributed by atoms with Crippen molar-refractivity contribution in [2.24, 2.45) is 11.1 Å². The molecular weight excluding hydrogens is 205 g/mol. The second-order valence-electron chi connectivity index (χ2n) is 4.99. The van der Waals surface area contributed by atoms with Gasteiger partial charge in [0, 0.05) is 12.1 Å². The summed E-state index contributed by atoms with van der Waals surface area (Å²) in [5, 5.41) is 0. The summed E-state index contributed by atoms with van der Waals surface area (Å²) in [6.45, 7) is 6.90. The Balaban J connectivity index is 2.60. The average Bonchev–Trinajstić information content (AvgIpc) is 2.19. The Morgan fingerprint density at radius 2 is 1.94 bits per heavy atom. The second-order valence-corrected chi connectivity index (χ2v) is 4.99. The summed E-state index contributed by atoms with van der Waals surface area (Å²) in [7, 11) is 0. The first kappa shape index (κ1) is 13.1. The number of nitrogens with two attached hydrogens (primary N) is 1. The summed E-state index contributed by atoms with van der Waals surface area (Å²) in [5.41, 5.74) is 6.19. The molecule has 90 valence electrons. The molecule has 2 nitrogen and oxygen atoms in total. The molecule has 0 aromatic heterocycles. The van der Waals surface area contributed by atoms with E-state index >= 15 is 0 Å². The molecule has 16 heavy (non-hydrogen) atoms. The van der Waals surface area contributed by atoms with Crippen LogP contribution in [0, 0.1) is 11.2 Å². The molecule has 1 atom stereocenters. The zero-order valence-electron chi connectivity index (χ0n) is 10.2. The SMILES string of the molecule is CC(C)(C)C(CN)OCc1ccccc1F. The highest BCUT2D eigenvalue weighted by atomic mass is 19.1. The molecule has 1 unspecified atom stereocenters. The monoisotopic (exact) mass is 225 g/mol. The first-order valence-corrected chi connectivity index (χ1v) is 5.50. The van der Waals surface area contributed by atoms with E-state index in [0.29, 0.717) is 12.1 Å². The Kier molecular flexibility index (Phi) is 4.44. The van der Waals surface area contributed by atoms with Crippen LogP contribution >= 0.6 is 0 Å². The van der Waals surface area contributed by atoms with E-state index in [4.69, 9.17) is 10.5 Å². The van der Waals surface area contributed by atoms with E-state index in [1.54, 1.807) is 18.2 Å². The minimum Gasteiger partial charge on any atom is -0.372 e. The molecular formula is C13H20FNO. The van der Waals surface area contributed by atoms with Gasteiger partial charge in [-0.1, -0.05) is 39.0 Å². The zero-order valence-corrected chi connectivity index (χ0v) is 10.2. The largest absolute Gasteiger partial charge is 0.372 e. The number of hydrogen-bond donors (Lipinski definition) is 1. The van der Waals surface area contributed by atoms with Gasteiger partial charge in [0.05, 0.1) is 12.7 Å². The Morgan fingerprint density at radius 3 is 2.44 bits per heavy atom. The van der Waals surface area contributed by atoms with E-state index in [0.717, 1.165) is 0 Å². The fourth-order valence-corrected chi connectivity index (χ4v) is 1.48. The quantitative estimate of drug-likeness (QED) is 0.855. The third-order valence-corrected chi connectivity index (χ3v) is 2.58. The maximum atomic E-state index is 13.3. The van der Waals surface area contributed by atoms with Crippen molar-refractivity contribution in [2.45, 2.75) is 33.5 Å². The van der Waals surface area contributed by atoms with Gasteiger partial charge in [0.25, 0.3) is 0 Å². The molecule has 0 fully saturated rings. The third kappa shape index (κ3) is 3.58. The summed E-state index contributed by atoms with van der Waals surface area (Å²) >= 11 is 0. The summed E-state index contributed by atoms with van der Waals surface area (Å²) in [5.74, 6) is -0.229. The molecule has 1 aromatic carbocycles. The van der Waals surface area contributed by atoms with Crippen LogP contribution in [0.1, 0.15) is 26.3 Å². The van der Waals surface area contributed by atoms with E-state index in [1.807, 2.05) is 0 Å². The average molecular weight is 225 g/mol. The Bertz CT molecular complexity index is 333. The molecule has 2 N–H and O–H groups in total. The van der Waals surface area contributed by atoms with E-state index in [1.165, 1.54) is 6.07 Å². The lowest BCUT2D eigenvalue weighted by Gasteiger charge is -2.29. The molecule has 0 bridgehead atoms. The lowest BCUT2D eigenvalue weighted by atomic mass is 9.89. The van der Waals surface area contributed by atoms with E-state index in [2.05, 4.69) is 20.8 Å². The van der Waals surface area contributed by atoms with Crippen LogP contribution in [0.4, 0.5) is 4.39 Å². The molecule has 0 heterocycles. The highest BCUT2D eigenvalue weighted by Gasteiger charge is 2.24. The molecule has 0 spiro atoms. The first-order chi connectivity index (χ1) is 7.45. The van der Waals surface area contributed by atoms with Gasteiger partial charge in [0.15, 0.2) is 0 Å². The fraction of sp³-hybridized carbons (Fsp3) is 0.538. The van der Waals surface area contributed by atoms with Gasteiger partial charge in [-0.05, 0) is 11.5 Å². The summed E-state index contributed by atoms with van der Waals surface area (Å²) in [4.78, 5) is 0. The molecule has 0 aliphatic carbocycles. The van der Waals surface area contributed by atoms with E-state index in [-0.39, 0.29) is 23.9 Å². The van der Waals surface area contributed by atoms with Crippen molar-refractivity contribution in [2.75, 3.05) is 6.54 Å². The minimum atomic E-state index is -0.229. The molecule has 0 saturated heterocycles. The van der Waals surface area contributed by atoms with Crippen LogP contribution in [0.25, 0.3) is 0 Å². The maximum absolute atomic E-state index is 13.3. The topological polar surface area (TPSA) is 35.2 Å². The highest BCUT2D eigenvalue weighted by Crippen LogP contribution is 2.22. The van der Waals surface area contributed by atoms with Crippen LogP contribution in [0.5, 0.6) is 0 Å². The Hall–Kier alpha value is -0.930. The van der Waals surface area contributed by atoms with Crippen molar-refractivity contribution < 1.29 is 9.13 Å². The van der Waals surface area contributed by atoms with Crippen LogP contribution in [0.15, 0.2) is 24.3 Å². The van der Waals surface area contributed by atoms with Gasteiger partial charge < -0.3 is 10.5 Å². The molecule has 1 rings (SSSR count). The van der Waals surface area contributed by atoms with Gasteiger partial charge in [0.1, 0.15) is 5.82 Å². The minimum absolute atomic E-state index is 0.0278.